The predicted molar refractivity (Wildman–Crippen MR) is 95.8 cm³/mol. The molecule has 0 fully saturated rings. The van der Waals surface area contributed by atoms with Crippen LogP contribution in [0.2, 0.25) is 0 Å². The Morgan fingerprint density at radius 2 is 1.70 bits per heavy atom. The highest BCUT2D eigenvalue weighted by atomic mass is 16.1. The maximum atomic E-state index is 12.7. The average Bonchev–Trinajstić information content (AvgIpc) is 2.55. The Hall–Kier alpha value is -2.09. The first-order valence-electron chi connectivity index (χ1n) is 8.39. The molecule has 0 saturated heterocycles. The summed E-state index contributed by atoms with van der Waals surface area (Å²) >= 11 is 0. The zero-order valence-corrected chi connectivity index (χ0v) is 14.3. The highest BCUT2D eigenvalue weighted by molar-refractivity contribution is 5.85. The quantitative estimate of drug-likeness (QED) is 0.812. The number of Topliss-reactive ketones (excluding diaryl/α,β-unsaturated/α-hetero) is 1. The van der Waals surface area contributed by atoms with Crippen molar-refractivity contribution >= 4 is 11.5 Å². The number of para-hydroxylation sites is 1. The van der Waals surface area contributed by atoms with Crippen molar-refractivity contribution in [3.8, 4) is 0 Å². The fourth-order valence-electron chi connectivity index (χ4n) is 3.28. The second kappa shape index (κ2) is 6.19. The van der Waals surface area contributed by atoms with Gasteiger partial charge in [0.2, 0.25) is 0 Å². The molecule has 0 radical (unpaired) electrons. The van der Waals surface area contributed by atoms with Crippen molar-refractivity contribution in [1.29, 1.82) is 0 Å². The summed E-state index contributed by atoms with van der Waals surface area (Å²) in [4.78, 5) is 15.1. The normalized spacial score (nSPS) is 17.7. The van der Waals surface area contributed by atoms with Crippen molar-refractivity contribution in [3.63, 3.8) is 0 Å². The van der Waals surface area contributed by atoms with Crippen LogP contribution in [0.1, 0.15) is 44.4 Å². The van der Waals surface area contributed by atoms with E-state index in [1.54, 1.807) is 0 Å². The van der Waals surface area contributed by atoms with Gasteiger partial charge in [-0.3, -0.25) is 4.79 Å². The van der Waals surface area contributed by atoms with Crippen LogP contribution in [0.4, 0.5) is 5.69 Å². The minimum Gasteiger partial charge on any atom is -0.364 e. The van der Waals surface area contributed by atoms with Crippen molar-refractivity contribution in [2.24, 2.45) is 5.41 Å². The number of carbonyl (C=O) groups excluding carboxylic acids is 1. The fraction of sp³-hybridized carbons (Fsp3) is 0.381. The van der Waals surface area contributed by atoms with Crippen molar-refractivity contribution in [3.05, 3.63) is 65.7 Å². The van der Waals surface area contributed by atoms with E-state index in [1.807, 2.05) is 26.8 Å². The summed E-state index contributed by atoms with van der Waals surface area (Å²) in [6.45, 7) is 6.99. The molecule has 0 bridgehead atoms. The summed E-state index contributed by atoms with van der Waals surface area (Å²) in [5.74, 6) is 0.320. The molecule has 1 atom stereocenters. The van der Waals surface area contributed by atoms with E-state index >= 15 is 0 Å². The van der Waals surface area contributed by atoms with E-state index in [1.165, 1.54) is 16.8 Å². The van der Waals surface area contributed by atoms with Crippen LogP contribution in [0.5, 0.6) is 0 Å². The molecular formula is C21H25NO. The molecule has 0 saturated carbocycles. The van der Waals surface area contributed by atoms with Gasteiger partial charge in [-0.15, -0.1) is 0 Å². The maximum absolute atomic E-state index is 12.7. The second-order valence-electron chi connectivity index (χ2n) is 7.37. The number of benzene rings is 2. The fourth-order valence-corrected chi connectivity index (χ4v) is 3.28. The number of rotatable bonds is 3. The van der Waals surface area contributed by atoms with E-state index in [-0.39, 0.29) is 11.5 Å². The van der Waals surface area contributed by atoms with E-state index in [0.29, 0.717) is 12.2 Å². The highest BCUT2D eigenvalue weighted by Gasteiger charge is 2.32. The Morgan fingerprint density at radius 3 is 2.39 bits per heavy atom. The number of anilines is 1. The lowest BCUT2D eigenvalue weighted by atomic mass is 9.82. The number of nitrogens with zero attached hydrogens (tertiary/aromatic N) is 1. The van der Waals surface area contributed by atoms with Crippen molar-refractivity contribution < 1.29 is 4.79 Å². The van der Waals surface area contributed by atoms with Gasteiger partial charge in [-0.2, -0.15) is 0 Å². The van der Waals surface area contributed by atoms with Crippen LogP contribution in [0.3, 0.4) is 0 Å². The van der Waals surface area contributed by atoms with Crippen LogP contribution in [-0.2, 0) is 11.2 Å². The van der Waals surface area contributed by atoms with Crippen molar-refractivity contribution in [1.82, 2.24) is 0 Å². The third kappa shape index (κ3) is 3.31. The molecule has 120 valence electrons. The number of hydrogen-bond donors (Lipinski definition) is 0. The first-order chi connectivity index (χ1) is 11.0. The zero-order chi connectivity index (χ0) is 16.4. The minimum atomic E-state index is -0.297. The third-order valence-electron chi connectivity index (χ3n) is 4.72. The highest BCUT2D eigenvalue weighted by Crippen LogP contribution is 2.37. The van der Waals surface area contributed by atoms with Crippen LogP contribution in [0.15, 0.2) is 54.6 Å². The van der Waals surface area contributed by atoms with E-state index < -0.39 is 0 Å². The second-order valence-corrected chi connectivity index (χ2v) is 7.37. The minimum absolute atomic E-state index is 0.133. The summed E-state index contributed by atoms with van der Waals surface area (Å²) in [6, 6.07) is 19.2. The number of carbonyl (C=O) groups is 1. The van der Waals surface area contributed by atoms with Gasteiger partial charge in [-0.1, -0.05) is 63.2 Å². The molecule has 0 amide bonds. The Morgan fingerprint density at radius 1 is 1.04 bits per heavy atom. The zero-order valence-electron chi connectivity index (χ0n) is 14.3. The molecule has 1 aliphatic rings. The smallest absolute Gasteiger partial charge is 0.140 e. The maximum Gasteiger partial charge on any atom is 0.140 e. The average molecular weight is 307 g/mol. The van der Waals surface area contributed by atoms with Crippen LogP contribution in [0.25, 0.3) is 0 Å². The predicted octanol–water partition coefficient (Wildman–Crippen LogP) is 4.80. The molecule has 0 aromatic heterocycles. The van der Waals surface area contributed by atoms with E-state index in [0.717, 1.165) is 13.0 Å². The molecule has 2 aromatic carbocycles. The summed E-state index contributed by atoms with van der Waals surface area (Å²) in [7, 11) is 0. The van der Waals surface area contributed by atoms with Crippen molar-refractivity contribution in [2.45, 2.75) is 39.7 Å². The van der Waals surface area contributed by atoms with Gasteiger partial charge in [0.1, 0.15) is 5.78 Å². The first-order valence-corrected chi connectivity index (χ1v) is 8.39. The Labute approximate surface area is 139 Å². The molecule has 0 aliphatic carbocycles. The van der Waals surface area contributed by atoms with Crippen LogP contribution in [-0.4, -0.2) is 12.3 Å². The molecule has 3 rings (SSSR count). The standard InChI is InChI=1S/C21H25NO/c1-21(2,3)20(23)15-19-18-12-8-7-9-16(18)13-14-22(19)17-10-5-4-6-11-17/h4-12,19H,13-15H2,1-3H3. The number of ketones is 1. The molecular weight excluding hydrogens is 282 g/mol. The monoisotopic (exact) mass is 307 g/mol. The third-order valence-corrected chi connectivity index (χ3v) is 4.72. The van der Waals surface area contributed by atoms with E-state index in [2.05, 4.69) is 53.4 Å². The summed E-state index contributed by atoms with van der Waals surface area (Å²) in [5, 5.41) is 0. The van der Waals surface area contributed by atoms with Gasteiger partial charge >= 0.3 is 0 Å². The molecule has 1 aliphatic heterocycles. The van der Waals surface area contributed by atoms with Gasteiger partial charge in [0.15, 0.2) is 0 Å². The lowest BCUT2D eigenvalue weighted by Crippen LogP contribution is -2.38. The lowest BCUT2D eigenvalue weighted by Gasteiger charge is -2.39. The lowest BCUT2D eigenvalue weighted by molar-refractivity contribution is -0.126. The van der Waals surface area contributed by atoms with Crippen molar-refractivity contribution in [2.75, 3.05) is 11.4 Å². The number of fused-ring (bicyclic) bond motifs is 1. The molecule has 1 unspecified atom stereocenters. The Bertz CT molecular complexity index is 684. The molecule has 2 nitrogen and oxygen atoms in total. The first kappa shape index (κ1) is 15.8. The number of hydrogen-bond acceptors (Lipinski definition) is 2. The van der Waals surface area contributed by atoms with Gasteiger partial charge in [0, 0.05) is 24.1 Å². The van der Waals surface area contributed by atoms with E-state index in [4.69, 9.17) is 0 Å². The largest absolute Gasteiger partial charge is 0.364 e. The van der Waals surface area contributed by atoms with Gasteiger partial charge in [0.25, 0.3) is 0 Å². The van der Waals surface area contributed by atoms with Gasteiger partial charge in [-0.25, -0.2) is 0 Å². The Kier molecular flexibility index (Phi) is 4.25. The summed E-state index contributed by atoms with van der Waals surface area (Å²) < 4.78 is 0. The molecule has 2 heteroatoms. The molecule has 1 heterocycles. The molecule has 2 aromatic rings. The SMILES string of the molecule is CC(C)(C)C(=O)CC1c2ccccc2CCN1c1ccccc1. The summed E-state index contributed by atoms with van der Waals surface area (Å²) in [6.07, 6.45) is 1.60. The topological polar surface area (TPSA) is 20.3 Å². The van der Waals surface area contributed by atoms with Gasteiger partial charge < -0.3 is 4.90 Å². The van der Waals surface area contributed by atoms with Gasteiger partial charge in [-0.05, 0) is 29.7 Å². The molecule has 0 N–H and O–H groups in total. The van der Waals surface area contributed by atoms with Crippen LogP contribution >= 0.6 is 0 Å². The van der Waals surface area contributed by atoms with Gasteiger partial charge in [0.05, 0.1) is 6.04 Å². The van der Waals surface area contributed by atoms with Crippen LogP contribution in [0, 0.1) is 5.41 Å². The van der Waals surface area contributed by atoms with E-state index in [9.17, 15) is 4.79 Å². The Balaban J connectivity index is 1.98. The summed E-state index contributed by atoms with van der Waals surface area (Å²) in [5.41, 5.74) is 3.59. The molecule has 23 heavy (non-hydrogen) atoms. The van der Waals surface area contributed by atoms with Crippen LogP contribution < -0.4 is 4.90 Å². The molecule has 0 spiro atoms.